The van der Waals surface area contributed by atoms with Crippen molar-refractivity contribution in [2.24, 2.45) is 0 Å². The van der Waals surface area contributed by atoms with Gasteiger partial charge in [0, 0.05) is 6.92 Å². The SMILES string of the molecule is Cc1ccc(OCc2noc(C)n2)c(C=O)c1. The second kappa shape index (κ2) is 4.78. The van der Waals surface area contributed by atoms with Gasteiger partial charge >= 0.3 is 0 Å². The molecular weight excluding hydrogens is 220 g/mol. The molecule has 1 aromatic heterocycles. The molecule has 0 unspecified atom stereocenters. The van der Waals surface area contributed by atoms with Crippen molar-refractivity contribution in [2.75, 3.05) is 0 Å². The molecule has 1 heterocycles. The summed E-state index contributed by atoms with van der Waals surface area (Å²) < 4.78 is 10.3. The van der Waals surface area contributed by atoms with Gasteiger partial charge < -0.3 is 9.26 Å². The maximum Gasteiger partial charge on any atom is 0.223 e. The van der Waals surface area contributed by atoms with Crippen LogP contribution in [0.5, 0.6) is 5.75 Å². The molecule has 0 atom stereocenters. The van der Waals surface area contributed by atoms with Crippen molar-refractivity contribution in [3.63, 3.8) is 0 Å². The zero-order valence-corrected chi connectivity index (χ0v) is 9.64. The molecule has 0 aliphatic heterocycles. The van der Waals surface area contributed by atoms with Crippen molar-refractivity contribution < 1.29 is 14.1 Å². The Morgan fingerprint density at radius 2 is 2.24 bits per heavy atom. The number of aromatic nitrogens is 2. The minimum Gasteiger partial charge on any atom is -0.485 e. The largest absolute Gasteiger partial charge is 0.485 e. The maximum atomic E-state index is 10.9. The Hall–Kier alpha value is -2.17. The first-order valence-corrected chi connectivity index (χ1v) is 5.17. The van der Waals surface area contributed by atoms with Crippen LogP contribution in [0.25, 0.3) is 0 Å². The van der Waals surface area contributed by atoms with E-state index in [1.165, 1.54) is 0 Å². The van der Waals surface area contributed by atoms with Crippen molar-refractivity contribution in [1.82, 2.24) is 10.1 Å². The minimum absolute atomic E-state index is 0.182. The highest BCUT2D eigenvalue weighted by molar-refractivity contribution is 5.79. The second-order valence-corrected chi connectivity index (χ2v) is 3.68. The summed E-state index contributed by atoms with van der Waals surface area (Å²) in [4.78, 5) is 14.9. The van der Waals surface area contributed by atoms with E-state index in [0.29, 0.717) is 23.0 Å². The van der Waals surface area contributed by atoms with Crippen molar-refractivity contribution in [1.29, 1.82) is 0 Å². The lowest BCUT2D eigenvalue weighted by Crippen LogP contribution is -2.00. The zero-order chi connectivity index (χ0) is 12.3. The number of carbonyl (C=O) groups excluding carboxylic acids is 1. The van der Waals surface area contributed by atoms with Crippen LogP contribution in [0.1, 0.15) is 27.6 Å². The smallest absolute Gasteiger partial charge is 0.223 e. The molecule has 88 valence electrons. The lowest BCUT2D eigenvalue weighted by Gasteiger charge is -2.06. The molecule has 0 fully saturated rings. The van der Waals surface area contributed by atoms with Gasteiger partial charge in [0.1, 0.15) is 5.75 Å². The highest BCUT2D eigenvalue weighted by Gasteiger charge is 2.06. The minimum atomic E-state index is 0.182. The molecule has 5 nitrogen and oxygen atoms in total. The first-order valence-electron chi connectivity index (χ1n) is 5.17. The summed E-state index contributed by atoms with van der Waals surface area (Å²) in [6.45, 7) is 3.81. The normalized spacial score (nSPS) is 10.2. The van der Waals surface area contributed by atoms with E-state index in [9.17, 15) is 4.79 Å². The van der Waals surface area contributed by atoms with E-state index in [2.05, 4.69) is 10.1 Å². The monoisotopic (exact) mass is 232 g/mol. The average Bonchev–Trinajstić information content (AvgIpc) is 2.73. The molecule has 0 spiro atoms. The Balaban J connectivity index is 2.11. The number of hydrogen-bond donors (Lipinski definition) is 0. The molecule has 2 rings (SSSR count). The second-order valence-electron chi connectivity index (χ2n) is 3.68. The number of rotatable bonds is 4. The maximum absolute atomic E-state index is 10.9. The van der Waals surface area contributed by atoms with Crippen molar-refractivity contribution >= 4 is 6.29 Å². The Morgan fingerprint density at radius 3 is 2.88 bits per heavy atom. The van der Waals surface area contributed by atoms with Gasteiger partial charge in [-0.2, -0.15) is 4.98 Å². The van der Waals surface area contributed by atoms with Gasteiger partial charge in [-0.3, -0.25) is 4.79 Å². The third-order valence-electron chi connectivity index (χ3n) is 2.22. The van der Waals surface area contributed by atoms with Crippen LogP contribution in [0.4, 0.5) is 0 Å². The molecule has 1 aromatic carbocycles. The molecule has 0 aliphatic carbocycles. The molecule has 0 saturated carbocycles. The van der Waals surface area contributed by atoms with Crippen LogP contribution in [0.15, 0.2) is 22.7 Å². The van der Waals surface area contributed by atoms with E-state index in [1.54, 1.807) is 19.1 Å². The number of aryl methyl sites for hydroxylation is 2. The molecule has 0 saturated heterocycles. The van der Waals surface area contributed by atoms with E-state index >= 15 is 0 Å². The fraction of sp³-hybridized carbons (Fsp3) is 0.250. The van der Waals surface area contributed by atoms with E-state index in [4.69, 9.17) is 9.26 Å². The van der Waals surface area contributed by atoms with Crippen LogP contribution in [0, 0.1) is 13.8 Å². The molecule has 0 aliphatic rings. The van der Waals surface area contributed by atoms with Gasteiger partial charge in [0.2, 0.25) is 11.7 Å². The van der Waals surface area contributed by atoms with Gasteiger partial charge in [-0.1, -0.05) is 16.8 Å². The van der Waals surface area contributed by atoms with Gasteiger partial charge in [-0.25, -0.2) is 0 Å². The Labute approximate surface area is 98.4 Å². The summed E-state index contributed by atoms with van der Waals surface area (Å²) in [6, 6.07) is 5.40. The third-order valence-corrected chi connectivity index (χ3v) is 2.22. The predicted molar refractivity (Wildman–Crippen MR) is 59.9 cm³/mol. The number of carbonyl (C=O) groups is 1. The quantitative estimate of drug-likeness (QED) is 0.755. The van der Waals surface area contributed by atoms with Crippen LogP contribution in [0.3, 0.4) is 0 Å². The highest BCUT2D eigenvalue weighted by Crippen LogP contribution is 2.19. The van der Waals surface area contributed by atoms with Crippen molar-refractivity contribution in [2.45, 2.75) is 20.5 Å². The standard InChI is InChI=1S/C12H12N2O3/c1-8-3-4-11(10(5-8)6-15)16-7-12-13-9(2)17-14-12/h3-6H,7H2,1-2H3. The molecule has 0 N–H and O–H groups in total. The number of hydrogen-bond acceptors (Lipinski definition) is 5. The third kappa shape index (κ3) is 2.69. The summed E-state index contributed by atoms with van der Waals surface area (Å²) >= 11 is 0. The van der Waals surface area contributed by atoms with Crippen LogP contribution in [-0.4, -0.2) is 16.4 Å². The fourth-order valence-electron chi connectivity index (χ4n) is 1.43. The summed E-state index contributed by atoms with van der Waals surface area (Å²) in [5, 5.41) is 3.70. The summed E-state index contributed by atoms with van der Waals surface area (Å²) in [6.07, 6.45) is 0.768. The van der Waals surface area contributed by atoms with E-state index in [0.717, 1.165) is 11.8 Å². The Kier molecular flexibility index (Phi) is 3.18. The molecule has 2 aromatic rings. The molecule has 0 radical (unpaired) electrons. The van der Waals surface area contributed by atoms with E-state index < -0.39 is 0 Å². The topological polar surface area (TPSA) is 65.2 Å². The lowest BCUT2D eigenvalue weighted by atomic mass is 10.1. The fourth-order valence-corrected chi connectivity index (χ4v) is 1.43. The van der Waals surface area contributed by atoms with Gasteiger partial charge in [0.25, 0.3) is 0 Å². The van der Waals surface area contributed by atoms with Gasteiger partial charge in [-0.05, 0) is 19.1 Å². The first-order chi connectivity index (χ1) is 8.19. The van der Waals surface area contributed by atoms with Crippen molar-refractivity contribution in [3.05, 3.63) is 41.0 Å². The summed E-state index contributed by atoms with van der Waals surface area (Å²) in [7, 11) is 0. The summed E-state index contributed by atoms with van der Waals surface area (Å²) in [5.41, 5.74) is 1.53. The van der Waals surface area contributed by atoms with Gasteiger partial charge in [0.05, 0.1) is 5.56 Å². The molecule has 0 amide bonds. The van der Waals surface area contributed by atoms with E-state index in [1.807, 2.05) is 13.0 Å². The molecular formula is C12H12N2O3. The van der Waals surface area contributed by atoms with Crippen LogP contribution < -0.4 is 4.74 Å². The Bertz CT molecular complexity index is 534. The number of nitrogens with zero attached hydrogens (tertiary/aromatic N) is 2. The average molecular weight is 232 g/mol. The zero-order valence-electron chi connectivity index (χ0n) is 9.64. The molecule has 0 bridgehead atoms. The van der Waals surface area contributed by atoms with E-state index in [-0.39, 0.29) is 6.61 Å². The van der Waals surface area contributed by atoms with Crippen molar-refractivity contribution in [3.8, 4) is 5.75 Å². The number of benzene rings is 1. The molecule has 5 heteroatoms. The predicted octanol–water partition coefficient (Wildman–Crippen LogP) is 2.08. The Morgan fingerprint density at radius 1 is 1.41 bits per heavy atom. The lowest BCUT2D eigenvalue weighted by molar-refractivity contribution is 0.111. The van der Waals surface area contributed by atoms with Crippen LogP contribution in [0.2, 0.25) is 0 Å². The van der Waals surface area contributed by atoms with Crippen LogP contribution >= 0.6 is 0 Å². The summed E-state index contributed by atoms with van der Waals surface area (Å²) in [5.74, 6) is 1.47. The van der Waals surface area contributed by atoms with Gasteiger partial charge in [-0.15, -0.1) is 0 Å². The highest BCUT2D eigenvalue weighted by atomic mass is 16.5. The van der Waals surface area contributed by atoms with Gasteiger partial charge in [0.15, 0.2) is 12.9 Å². The van der Waals surface area contributed by atoms with Crippen LogP contribution in [-0.2, 0) is 6.61 Å². The first kappa shape index (κ1) is 11.3. The molecule has 17 heavy (non-hydrogen) atoms. The number of aldehydes is 1. The number of ether oxygens (including phenoxy) is 1.